The second-order valence-electron chi connectivity index (χ2n) is 7.29. The molecule has 6 heteroatoms. The molecule has 0 spiro atoms. The van der Waals surface area contributed by atoms with E-state index in [0.717, 1.165) is 5.56 Å². The molecule has 1 unspecified atom stereocenters. The molecule has 0 saturated carbocycles. The summed E-state index contributed by atoms with van der Waals surface area (Å²) in [5, 5.41) is 11.6. The molecule has 31 heavy (non-hydrogen) atoms. The quantitative estimate of drug-likeness (QED) is 0.345. The van der Waals surface area contributed by atoms with Gasteiger partial charge in [0.15, 0.2) is 0 Å². The third-order valence-electron chi connectivity index (χ3n) is 5.25. The van der Waals surface area contributed by atoms with Crippen molar-refractivity contribution in [1.29, 1.82) is 0 Å². The molecule has 4 rings (SSSR count). The smallest absolute Gasteiger partial charge is 0.300 e. The number of methoxy groups -OCH3 is 1. The highest BCUT2D eigenvalue weighted by Crippen LogP contribution is 2.43. The Morgan fingerprint density at radius 3 is 2.39 bits per heavy atom. The van der Waals surface area contributed by atoms with Crippen LogP contribution in [0, 0.1) is 6.92 Å². The van der Waals surface area contributed by atoms with E-state index in [1.807, 2.05) is 25.1 Å². The topological polar surface area (TPSA) is 66.8 Å². The van der Waals surface area contributed by atoms with Gasteiger partial charge in [-0.25, -0.2) is 0 Å². The van der Waals surface area contributed by atoms with E-state index in [1.165, 1.54) is 4.90 Å². The molecule has 1 heterocycles. The molecule has 1 aliphatic rings. The first-order valence-electron chi connectivity index (χ1n) is 9.68. The number of aliphatic hydroxyl groups excluding tert-OH is 1. The molecular formula is C25H20ClNO4. The van der Waals surface area contributed by atoms with Crippen LogP contribution in [0.15, 0.2) is 78.4 Å². The van der Waals surface area contributed by atoms with Crippen molar-refractivity contribution in [2.45, 2.75) is 13.0 Å². The molecule has 1 amide bonds. The number of amides is 1. The van der Waals surface area contributed by atoms with Crippen LogP contribution in [-0.4, -0.2) is 23.9 Å². The van der Waals surface area contributed by atoms with Crippen LogP contribution >= 0.6 is 11.6 Å². The maximum absolute atomic E-state index is 13.1. The second kappa shape index (κ2) is 8.28. The van der Waals surface area contributed by atoms with Gasteiger partial charge >= 0.3 is 0 Å². The summed E-state index contributed by atoms with van der Waals surface area (Å²) in [6, 6.07) is 20.1. The van der Waals surface area contributed by atoms with Gasteiger partial charge in [0.2, 0.25) is 0 Å². The standard InChI is InChI=1S/C25H20ClNO4/c1-15-5-3-7-19(13-15)27-22(17-6-4-8-20(14-17)31-2)21(24(29)25(27)30)23(28)16-9-11-18(26)12-10-16/h3-14,22,28H,1-2H3/b23-21+. The van der Waals surface area contributed by atoms with Crippen LogP contribution in [0.1, 0.15) is 22.7 Å². The van der Waals surface area contributed by atoms with Crippen LogP contribution in [-0.2, 0) is 9.59 Å². The van der Waals surface area contributed by atoms with Crippen molar-refractivity contribution in [2.24, 2.45) is 0 Å². The van der Waals surface area contributed by atoms with Crippen molar-refractivity contribution in [3.05, 3.63) is 100 Å². The lowest BCUT2D eigenvalue weighted by Crippen LogP contribution is -2.29. The lowest BCUT2D eigenvalue weighted by atomic mass is 9.95. The zero-order chi connectivity index (χ0) is 22.1. The van der Waals surface area contributed by atoms with Crippen LogP contribution in [0.3, 0.4) is 0 Å². The number of Topliss-reactive ketones (excluding diaryl/α,β-unsaturated/α-hetero) is 1. The van der Waals surface area contributed by atoms with Crippen LogP contribution in [0.5, 0.6) is 5.75 Å². The van der Waals surface area contributed by atoms with Crippen molar-refractivity contribution in [2.75, 3.05) is 12.0 Å². The fourth-order valence-electron chi connectivity index (χ4n) is 3.77. The van der Waals surface area contributed by atoms with E-state index in [2.05, 4.69) is 0 Å². The molecule has 0 aromatic heterocycles. The van der Waals surface area contributed by atoms with Crippen LogP contribution in [0.25, 0.3) is 5.76 Å². The Bertz CT molecular complexity index is 1200. The number of hydrogen-bond donors (Lipinski definition) is 1. The normalized spacial score (nSPS) is 17.8. The van der Waals surface area contributed by atoms with Crippen molar-refractivity contribution in [3.8, 4) is 5.75 Å². The number of aliphatic hydroxyl groups is 1. The fraction of sp³-hybridized carbons (Fsp3) is 0.120. The number of carbonyl (C=O) groups excluding carboxylic acids is 2. The minimum Gasteiger partial charge on any atom is -0.507 e. The number of carbonyl (C=O) groups is 2. The molecule has 1 saturated heterocycles. The van der Waals surface area contributed by atoms with E-state index >= 15 is 0 Å². The Kier molecular flexibility index (Phi) is 5.53. The Balaban J connectivity index is 1.96. The molecule has 3 aromatic rings. The van der Waals surface area contributed by atoms with Gasteiger partial charge < -0.3 is 9.84 Å². The Morgan fingerprint density at radius 1 is 1.00 bits per heavy atom. The Labute approximate surface area is 185 Å². The van der Waals surface area contributed by atoms with Gasteiger partial charge in [-0.05, 0) is 66.6 Å². The van der Waals surface area contributed by atoms with Crippen molar-refractivity contribution < 1.29 is 19.4 Å². The third kappa shape index (κ3) is 3.80. The van der Waals surface area contributed by atoms with Gasteiger partial charge in [-0.3, -0.25) is 14.5 Å². The Morgan fingerprint density at radius 2 is 1.71 bits per heavy atom. The molecule has 1 aliphatic heterocycles. The first-order chi connectivity index (χ1) is 14.9. The molecule has 1 atom stereocenters. The number of aryl methyl sites for hydroxylation is 1. The zero-order valence-electron chi connectivity index (χ0n) is 17.0. The van der Waals surface area contributed by atoms with E-state index in [9.17, 15) is 14.7 Å². The number of ether oxygens (including phenoxy) is 1. The van der Waals surface area contributed by atoms with Gasteiger partial charge in [0.05, 0.1) is 18.7 Å². The van der Waals surface area contributed by atoms with Crippen molar-refractivity contribution in [3.63, 3.8) is 0 Å². The van der Waals surface area contributed by atoms with Crippen LogP contribution < -0.4 is 9.64 Å². The summed E-state index contributed by atoms with van der Waals surface area (Å²) in [5.41, 5.74) is 2.59. The number of benzene rings is 3. The zero-order valence-corrected chi connectivity index (χ0v) is 17.8. The number of halogens is 1. The number of anilines is 1. The SMILES string of the molecule is COc1cccc(C2/C(=C(\O)c3ccc(Cl)cc3)C(=O)C(=O)N2c2cccc(C)c2)c1. The maximum atomic E-state index is 13.1. The Hall–Kier alpha value is -3.57. The molecule has 0 aliphatic carbocycles. The van der Waals surface area contributed by atoms with Gasteiger partial charge in [-0.2, -0.15) is 0 Å². The summed E-state index contributed by atoms with van der Waals surface area (Å²) in [6.45, 7) is 1.91. The summed E-state index contributed by atoms with van der Waals surface area (Å²) >= 11 is 5.96. The van der Waals surface area contributed by atoms with Crippen LogP contribution in [0.4, 0.5) is 5.69 Å². The van der Waals surface area contributed by atoms with Crippen LogP contribution in [0.2, 0.25) is 5.02 Å². The second-order valence-corrected chi connectivity index (χ2v) is 7.73. The molecule has 0 radical (unpaired) electrons. The van der Waals surface area contributed by atoms with Gasteiger partial charge in [0.25, 0.3) is 11.7 Å². The van der Waals surface area contributed by atoms with E-state index in [-0.39, 0.29) is 11.3 Å². The molecule has 156 valence electrons. The highest BCUT2D eigenvalue weighted by atomic mass is 35.5. The number of nitrogens with zero attached hydrogens (tertiary/aromatic N) is 1. The van der Waals surface area contributed by atoms with Crippen molar-refractivity contribution in [1.82, 2.24) is 0 Å². The molecule has 1 N–H and O–H groups in total. The average molecular weight is 434 g/mol. The average Bonchev–Trinajstić information content (AvgIpc) is 3.04. The third-order valence-corrected chi connectivity index (χ3v) is 5.50. The first-order valence-corrected chi connectivity index (χ1v) is 10.1. The van der Waals surface area contributed by atoms with E-state index < -0.39 is 17.7 Å². The van der Waals surface area contributed by atoms with E-state index in [4.69, 9.17) is 16.3 Å². The predicted octanol–water partition coefficient (Wildman–Crippen LogP) is 5.28. The summed E-state index contributed by atoms with van der Waals surface area (Å²) in [7, 11) is 1.55. The van der Waals surface area contributed by atoms with E-state index in [0.29, 0.717) is 27.6 Å². The molecule has 1 fully saturated rings. The highest BCUT2D eigenvalue weighted by molar-refractivity contribution is 6.51. The van der Waals surface area contributed by atoms with Gasteiger partial charge in [0, 0.05) is 16.3 Å². The summed E-state index contributed by atoms with van der Waals surface area (Å²) < 4.78 is 5.34. The molecule has 0 bridgehead atoms. The predicted molar refractivity (Wildman–Crippen MR) is 120 cm³/mol. The molecule has 5 nitrogen and oxygen atoms in total. The van der Waals surface area contributed by atoms with Gasteiger partial charge in [-0.1, -0.05) is 35.9 Å². The highest BCUT2D eigenvalue weighted by Gasteiger charge is 2.47. The number of ketones is 1. The summed E-state index contributed by atoms with van der Waals surface area (Å²) in [5.74, 6) is -1.12. The largest absolute Gasteiger partial charge is 0.507 e. The lowest BCUT2D eigenvalue weighted by molar-refractivity contribution is -0.132. The molecular weight excluding hydrogens is 414 g/mol. The monoisotopic (exact) mass is 433 g/mol. The van der Waals surface area contributed by atoms with Gasteiger partial charge in [0.1, 0.15) is 11.5 Å². The first kappa shape index (κ1) is 20.7. The minimum absolute atomic E-state index is 0.0158. The summed E-state index contributed by atoms with van der Waals surface area (Å²) in [6.07, 6.45) is 0. The minimum atomic E-state index is -0.812. The number of hydrogen-bond acceptors (Lipinski definition) is 4. The maximum Gasteiger partial charge on any atom is 0.300 e. The van der Waals surface area contributed by atoms with Crippen molar-refractivity contribution >= 4 is 34.7 Å². The fourth-order valence-corrected chi connectivity index (χ4v) is 3.89. The number of rotatable bonds is 4. The lowest BCUT2D eigenvalue weighted by Gasteiger charge is -2.26. The van der Waals surface area contributed by atoms with E-state index in [1.54, 1.807) is 61.7 Å². The molecule has 3 aromatic carbocycles. The summed E-state index contributed by atoms with van der Waals surface area (Å²) in [4.78, 5) is 27.7. The van der Waals surface area contributed by atoms with Gasteiger partial charge in [-0.15, -0.1) is 0 Å².